The summed E-state index contributed by atoms with van der Waals surface area (Å²) in [4.78, 5) is 6.53. The van der Waals surface area contributed by atoms with E-state index in [0.29, 0.717) is 0 Å². The first-order chi connectivity index (χ1) is 9.72. The molecule has 2 rings (SSSR count). The van der Waals surface area contributed by atoms with E-state index in [-0.39, 0.29) is 0 Å². The van der Waals surface area contributed by atoms with E-state index in [1.807, 2.05) is 49.5 Å². The predicted octanol–water partition coefficient (Wildman–Crippen LogP) is 3.20. The Hall–Kier alpha value is -1.87. The van der Waals surface area contributed by atoms with E-state index >= 15 is 0 Å². The molecule has 1 aromatic heterocycles. The first-order valence-electron chi connectivity index (χ1n) is 7.10. The summed E-state index contributed by atoms with van der Waals surface area (Å²) in [7, 11) is 2.06. The van der Waals surface area contributed by atoms with Crippen molar-refractivity contribution in [2.24, 2.45) is 0 Å². The molecular weight excluding hydrogens is 248 g/mol. The molecule has 3 heteroatoms. The zero-order valence-electron chi connectivity index (χ0n) is 12.2. The van der Waals surface area contributed by atoms with Crippen molar-refractivity contribution in [1.82, 2.24) is 4.98 Å². The van der Waals surface area contributed by atoms with E-state index in [0.717, 1.165) is 36.3 Å². The maximum atomic E-state index is 10.1. The Morgan fingerprint density at radius 1 is 1.15 bits per heavy atom. The number of para-hydroxylation sites is 1. The number of aromatic nitrogens is 1. The second-order valence-corrected chi connectivity index (χ2v) is 4.98. The number of pyridine rings is 1. The topological polar surface area (TPSA) is 36.4 Å². The number of benzene rings is 1. The number of hydrogen-bond donors (Lipinski definition) is 1. The Labute approximate surface area is 120 Å². The van der Waals surface area contributed by atoms with Gasteiger partial charge in [0, 0.05) is 43.2 Å². The van der Waals surface area contributed by atoms with Crippen molar-refractivity contribution >= 4 is 5.69 Å². The van der Waals surface area contributed by atoms with Crippen LogP contribution in [0.3, 0.4) is 0 Å². The molecule has 0 fully saturated rings. The van der Waals surface area contributed by atoms with Gasteiger partial charge >= 0.3 is 0 Å². The zero-order valence-corrected chi connectivity index (χ0v) is 12.2. The zero-order chi connectivity index (χ0) is 14.4. The molecule has 0 bridgehead atoms. The minimum atomic E-state index is -0.400. The molecule has 0 unspecified atom stereocenters. The number of aliphatic hydroxyl groups excluding tert-OH is 1. The van der Waals surface area contributed by atoms with Gasteiger partial charge in [-0.25, -0.2) is 0 Å². The maximum absolute atomic E-state index is 10.1. The van der Waals surface area contributed by atoms with Gasteiger partial charge in [0.1, 0.15) is 0 Å². The third-order valence-electron chi connectivity index (χ3n) is 3.52. The van der Waals surface area contributed by atoms with Gasteiger partial charge in [-0.3, -0.25) is 4.98 Å². The molecule has 0 saturated carbocycles. The van der Waals surface area contributed by atoms with Gasteiger partial charge in [-0.15, -0.1) is 0 Å². The average molecular weight is 270 g/mol. The normalized spacial score (nSPS) is 12.2. The van der Waals surface area contributed by atoms with Gasteiger partial charge in [-0.05, 0) is 24.6 Å². The lowest BCUT2D eigenvalue weighted by Crippen LogP contribution is -2.22. The molecule has 0 radical (unpaired) electrons. The van der Waals surface area contributed by atoms with Crippen molar-refractivity contribution in [3.8, 4) is 0 Å². The molecule has 3 nitrogen and oxygen atoms in total. The quantitative estimate of drug-likeness (QED) is 0.875. The van der Waals surface area contributed by atoms with Crippen LogP contribution in [0, 0.1) is 0 Å². The number of anilines is 1. The highest BCUT2D eigenvalue weighted by atomic mass is 16.3. The van der Waals surface area contributed by atoms with Crippen LogP contribution in [0.2, 0.25) is 0 Å². The minimum absolute atomic E-state index is 0.400. The second-order valence-electron chi connectivity index (χ2n) is 4.98. The predicted molar refractivity (Wildman–Crippen MR) is 82.9 cm³/mol. The third kappa shape index (κ3) is 3.58. The summed E-state index contributed by atoms with van der Waals surface area (Å²) in [6.45, 7) is 2.87. The van der Waals surface area contributed by atoms with E-state index in [4.69, 9.17) is 0 Å². The molecular formula is C17H22N2O. The summed E-state index contributed by atoms with van der Waals surface area (Å²) in [5.74, 6) is 0. The van der Waals surface area contributed by atoms with E-state index in [1.165, 1.54) is 0 Å². The SMILES string of the molecule is CC[C@H](O)c1ccccc1N(C)CCc1ccccn1. The van der Waals surface area contributed by atoms with Gasteiger partial charge in [0.25, 0.3) is 0 Å². The summed E-state index contributed by atoms with van der Waals surface area (Å²) >= 11 is 0. The lowest BCUT2D eigenvalue weighted by Gasteiger charge is -2.24. The van der Waals surface area contributed by atoms with Crippen molar-refractivity contribution in [2.45, 2.75) is 25.9 Å². The van der Waals surface area contributed by atoms with E-state index < -0.39 is 6.10 Å². The molecule has 106 valence electrons. The molecule has 0 spiro atoms. The highest BCUT2D eigenvalue weighted by Crippen LogP contribution is 2.27. The van der Waals surface area contributed by atoms with Crippen LogP contribution in [0.5, 0.6) is 0 Å². The van der Waals surface area contributed by atoms with Gasteiger partial charge < -0.3 is 10.0 Å². The molecule has 0 aliphatic heterocycles. The number of hydrogen-bond acceptors (Lipinski definition) is 3. The highest BCUT2D eigenvalue weighted by molar-refractivity contribution is 5.54. The van der Waals surface area contributed by atoms with Crippen LogP contribution in [0.1, 0.15) is 30.7 Å². The van der Waals surface area contributed by atoms with Crippen molar-refractivity contribution < 1.29 is 5.11 Å². The van der Waals surface area contributed by atoms with Crippen molar-refractivity contribution in [3.63, 3.8) is 0 Å². The van der Waals surface area contributed by atoms with Crippen molar-refractivity contribution in [1.29, 1.82) is 0 Å². The lowest BCUT2D eigenvalue weighted by molar-refractivity contribution is 0.174. The lowest BCUT2D eigenvalue weighted by atomic mass is 10.0. The molecule has 0 aliphatic carbocycles. The summed E-state index contributed by atoms with van der Waals surface area (Å²) in [6.07, 6.45) is 3.05. The first-order valence-corrected chi connectivity index (χ1v) is 7.10. The molecule has 1 aromatic carbocycles. The molecule has 2 aromatic rings. The fourth-order valence-electron chi connectivity index (χ4n) is 2.29. The highest BCUT2D eigenvalue weighted by Gasteiger charge is 2.12. The Morgan fingerprint density at radius 3 is 2.60 bits per heavy atom. The van der Waals surface area contributed by atoms with Crippen LogP contribution in [0.15, 0.2) is 48.7 Å². The first kappa shape index (κ1) is 14.5. The van der Waals surface area contributed by atoms with Crippen molar-refractivity contribution in [3.05, 3.63) is 59.9 Å². The Bertz CT molecular complexity index is 528. The van der Waals surface area contributed by atoms with Gasteiger partial charge in [0.15, 0.2) is 0 Å². The molecule has 0 aliphatic rings. The summed E-state index contributed by atoms with van der Waals surface area (Å²) in [6, 6.07) is 14.0. The van der Waals surface area contributed by atoms with Crippen LogP contribution < -0.4 is 4.90 Å². The number of rotatable bonds is 6. The van der Waals surface area contributed by atoms with Crippen molar-refractivity contribution in [2.75, 3.05) is 18.5 Å². The molecule has 0 saturated heterocycles. The fraction of sp³-hybridized carbons (Fsp3) is 0.353. The van der Waals surface area contributed by atoms with Crippen LogP contribution in [-0.2, 0) is 6.42 Å². The van der Waals surface area contributed by atoms with Gasteiger partial charge in [0.2, 0.25) is 0 Å². The van der Waals surface area contributed by atoms with E-state index in [2.05, 4.69) is 23.0 Å². The van der Waals surface area contributed by atoms with E-state index in [1.54, 1.807) is 0 Å². The molecule has 20 heavy (non-hydrogen) atoms. The Kier molecular flexibility index (Phi) is 5.13. The number of aliphatic hydroxyl groups is 1. The van der Waals surface area contributed by atoms with Crippen LogP contribution >= 0.6 is 0 Å². The Morgan fingerprint density at radius 2 is 1.90 bits per heavy atom. The largest absolute Gasteiger partial charge is 0.388 e. The van der Waals surface area contributed by atoms with E-state index in [9.17, 15) is 5.11 Å². The van der Waals surface area contributed by atoms with Gasteiger partial charge in [0.05, 0.1) is 6.10 Å². The number of nitrogens with zero attached hydrogens (tertiary/aromatic N) is 2. The number of likely N-dealkylation sites (N-methyl/N-ethyl adjacent to an activating group) is 1. The molecule has 1 atom stereocenters. The standard InChI is InChI=1S/C17H22N2O/c1-3-17(20)15-9-4-5-10-16(15)19(2)13-11-14-8-6-7-12-18-14/h4-10,12,17,20H,3,11,13H2,1-2H3/t17-/m0/s1. The molecule has 0 amide bonds. The summed E-state index contributed by atoms with van der Waals surface area (Å²) < 4.78 is 0. The van der Waals surface area contributed by atoms with Crippen LogP contribution in [0.4, 0.5) is 5.69 Å². The molecule has 1 heterocycles. The third-order valence-corrected chi connectivity index (χ3v) is 3.52. The van der Waals surface area contributed by atoms with Gasteiger partial charge in [-0.1, -0.05) is 31.2 Å². The molecule has 1 N–H and O–H groups in total. The fourth-order valence-corrected chi connectivity index (χ4v) is 2.29. The monoisotopic (exact) mass is 270 g/mol. The maximum Gasteiger partial charge on any atom is 0.0807 e. The summed E-state index contributed by atoms with van der Waals surface area (Å²) in [5, 5.41) is 10.1. The smallest absolute Gasteiger partial charge is 0.0807 e. The van der Waals surface area contributed by atoms with Gasteiger partial charge in [-0.2, -0.15) is 0 Å². The second kappa shape index (κ2) is 7.06. The van der Waals surface area contributed by atoms with Crippen LogP contribution in [-0.4, -0.2) is 23.7 Å². The Balaban J connectivity index is 2.07. The average Bonchev–Trinajstić information content (AvgIpc) is 2.52. The van der Waals surface area contributed by atoms with Crippen LogP contribution in [0.25, 0.3) is 0 Å². The minimum Gasteiger partial charge on any atom is -0.388 e. The summed E-state index contributed by atoms with van der Waals surface area (Å²) in [5.41, 5.74) is 3.18.